The number of rotatable bonds is 5. The molecule has 30 heavy (non-hydrogen) atoms. The van der Waals surface area contributed by atoms with Crippen LogP contribution in [0.5, 0.6) is 0 Å². The summed E-state index contributed by atoms with van der Waals surface area (Å²) in [7, 11) is 0. The van der Waals surface area contributed by atoms with Crippen molar-refractivity contribution < 1.29 is 9.32 Å². The fourth-order valence-electron chi connectivity index (χ4n) is 3.62. The van der Waals surface area contributed by atoms with Crippen molar-refractivity contribution in [3.8, 4) is 11.4 Å². The Morgan fingerprint density at radius 2 is 1.90 bits per heavy atom. The predicted octanol–water partition coefficient (Wildman–Crippen LogP) is 5.37. The second-order valence-electron chi connectivity index (χ2n) is 7.94. The predicted molar refractivity (Wildman–Crippen MR) is 119 cm³/mol. The highest BCUT2D eigenvalue weighted by Gasteiger charge is 2.27. The maximum Gasteiger partial charge on any atom is 0.324 e. The van der Waals surface area contributed by atoms with Gasteiger partial charge >= 0.3 is 6.01 Å². The molecular formula is C23H25ClN4O2. The van der Waals surface area contributed by atoms with Gasteiger partial charge in [0.05, 0.1) is 0 Å². The molecule has 1 N–H and O–H groups in total. The first-order chi connectivity index (χ1) is 14.5. The molecule has 4 rings (SSSR count). The van der Waals surface area contributed by atoms with Crippen molar-refractivity contribution in [1.29, 1.82) is 0 Å². The van der Waals surface area contributed by atoms with Crippen molar-refractivity contribution in [2.24, 2.45) is 5.92 Å². The lowest BCUT2D eigenvalue weighted by molar-refractivity contribution is -0.120. The molecule has 0 spiro atoms. The Labute approximate surface area is 181 Å². The van der Waals surface area contributed by atoms with Gasteiger partial charge in [0.25, 0.3) is 0 Å². The van der Waals surface area contributed by atoms with Crippen LogP contribution in [0.3, 0.4) is 0 Å². The van der Waals surface area contributed by atoms with Gasteiger partial charge in [-0.1, -0.05) is 60.9 Å². The lowest BCUT2D eigenvalue weighted by Crippen LogP contribution is -2.38. The normalized spacial score (nSPS) is 14.9. The minimum absolute atomic E-state index is 0.0216. The molecule has 0 aliphatic carbocycles. The van der Waals surface area contributed by atoms with E-state index in [0.717, 1.165) is 24.1 Å². The van der Waals surface area contributed by atoms with Crippen LogP contribution in [0.4, 0.5) is 11.7 Å². The van der Waals surface area contributed by atoms with Gasteiger partial charge in [-0.3, -0.25) is 4.79 Å². The van der Waals surface area contributed by atoms with Crippen molar-refractivity contribution in [2.75, 3.05) is 23.3 Å². The first-order valence-electron chi connectivity index (χ1n) is 10.2. The van der Waals surface area contributed by atoms with Crippen LogP contribution in [-0.4, -0.2) is 29.1 Å². The minimum atomic E-state index is -0.0498. The highest BCUT2D eigenvalue weighted by molar-refractivity contribution is 6.30. The topological polar surface area (TPSA) is 71.3 Å². The van der Waals surface area contributed by atoms with Crippen LogP contribution >= 0.6 is 11.6 Å². The molecule has 1 saturated heterocycles. The van der Waals surface area contributed by atoms with Gasteiger partial charge in [-0.25, -0.2) is 0 Å². The zero-order chi connectivity index (χ0) is 21.1. The summed E-state index contributed by atoms with van der Waals surface area (Å²) in [6, 6.07) is 15.9. The Bertz CT molecular complexity index is 1010. The number of benzene rings is 2. The third kappa shape index (κ3) is 4.65. The first-order valence-corrected chi connectivity index (χ1v) is 10.6. The van der Waals surface area contributed by atoms with E-state index in [-0.39, 0.29) is 11.8 Å². The number of nitrogens with zero attached hydrogens (tertiary/aromatic N) is 3. The molecule has 0 radical (unpaired) electrons. The monoisotopic (exact) mass is 424 g/mol. The van der Waals surface area contributed by atoms with Crippen LogP contribution in [0.1, 0.15) is 38.2 Å². The summed E-state index contributed by atoms with van der Waals surface area (Å²) in [5, 5.41) is 7.69. The van der Waals surface area contributed by atoms with Gasteiger partial charge < -0.3 is 14.7 Å². The second-order valence-corrected chi connectivity index (χ2v) is 8.37. The number of anilines is 2. The molecule has 7 heteroatoms. The van der Waals surface area contributed by atoms with Gasteiger partial charge in [-0.15, -0.1) is 0 Å². The Hall–Kier alpha value is -2.86. The van der Waals surface area contributed by atoms with E-state index in [1.165, 1.54) is 5.56 Å². The average molecular weight is 425 g/mol. The molecule has 3 aromatic rings. The van der Waals surface area contributed by atoms with E-state index in [2.05, 4.69) is 41.4 Å². The van der Waals surface area contributed by atoms with Gasteiger partial charge in [-0.2, -0.15) is 4.98 Å². The molecule has 0 bridgehead atoms. The van der Waals surface area contributed by atoms with Gasteiger partial charge in [0.2, 0.25) is 11.7 Å². The molecule has 0 saturated carbocycles. The van der Waals surface area contributed by atoms with Crippen molar-refractivity contribution in [2.45, 2.75) is 32.6 Å². The van der Waals surface area contributed by atoms with E-state index < -0.39 is 0 Å². The van der Waals surface area contributed by atoms with E-state index in [1.807, 2.05) is 29.2 Å². The quantitative estimate of drug-likeness (QED) is 0.596. The lowest BCUT2D eigenvalue weighted by Gasteiger charge is -2.29. The smallest absolute Gasteiger partial charge is 0.324 e. The van der Waals surface area contributed by atoms with Crippen LogP contribution < -0.4 is 10.2 Å². The van der Waals surface area contributed by atoms with Crippen LogP contribution in [0.15, 0.2) is 53.1 Å². The van der Waals surface area contributed by atoms with Crippen molar-refractivity contribution in [1.82, 2.24) is 10.1 Å². The van der Waals surface area contributed by atoms with E-state index in [4.69, 9.17) is 16.1 Å². The largest absolute Gasteiger partial charge is 0.326 e. The molecular weight excluding hydrogens is 400 g/mol. The molecule has 1 fully saturated rings. The van der Waals surface area contributed by atoms with Crippen molar-refractivity contribution in [3.05, 3.63) is 59.1 Å². The number of hydrogen-bond donors (Lipinski definition) is 1. The van der Waals surface area contributed by atoms with Crippen LogP contribution in [-0.2, 0) is 4.79 Å². The number of hydrogen-bond acceptors (Lipinski definition) is 5. The van der Waals surface area contributed by atoms with Crippen molar-refractivity contribution >= 4 is 29.2 Å². The van der Waals surface area contributed by atoms with E-state index in [1.54, 1.807) is 12.1 Å². The molecule has 6 nitrogen and oxygen atoms in total. The molecule has 2 heterocycles. The molecule has 1 aromatic heterocycles. The van der Waals surface area contributed by atoms with E-state index in [0.29, 0.717) is 35.9 Å². The number of carbonyl (C=O) groups excluding carboxylic acids is 1. The Morgan fingerprint density at radius 1 is 1.17 bits per heavy atom. The Morgan fingerprint density at radius 3 is 2.57 bits per heavy atom. The summed E-state index contributed by atoms with van der Waals surface area (Å²) in [4.78, 5) is 19.2. The number of aromatic nitrogens is 2. The maximum atomic E-state index is 12.6. The summed E-state index contributed by atoms with van der Waals surface area (Å²) in [5.74, 6) is 1.04. The van der Waals surface area contributed by atoms with Crippen molar-refractivity contribution in [3.63, 3.8) is 0 Å². The summed E-state index contributed by atoms with van der Waals surface area (Å²) >= 11 is 5.99. The summed E-state index contributed by atoms with van der Waals surface area (Å²) < 4.78 is 5.49. The lowest BCUT2D eigenvalue weighted by atomic mass is 9.96. The first kappa shape index (κ1) is 20.4. The molecule has 156 valence electrons. The minimum Gasteiger partial charge on any atom is -0.326 e. The SMILES string of the molecule is CC(C)c1ccc(-c2noc(N3CCC(C(=O)Nc4cccc(Cl)c4)CC3)n2)cc1. The summed E-state index contributed by atoms with van der Waals surface area (Å²) in [6.07, 6.45) is 1.46. The van der Waals surface area contributed by atoms with Crippen LogP contribution in [0.2, 0.25) is 5.02 Å². The molecule has 1 amide bonds. The molecule has 0 atom stereocenters. The van der Waals surface area contributed by atoms with Gasteiger partial charge in [0, 0.05) is 35.3 Å². The highest BCUT2D eigenvalue weighted by Crippen LogP contribution is 2.27. The zero-order valence-corrected chi connectivity index (χ0v) is 17.9. The Balaban J connectivity index is 1.35. The van der Waals surface area contributed by atoms with Gasteiger partial charge in [-0.05, 0) is 42.5 Å². The number of piperidine rings is 1. The standard InChI is InChI=1S/C23H25ClN4O2/c1-15(2)16-6-8-17(9-7-16)21-26-23(30-27-21)28-12-10-18(11-13-28)22(29)25-20-5-3-4-19(24)14-20/h3-9,14-15,18H,10-13H2,1-2H3,(H,25,29). The number of nitrogens with one attached hydrogen (secondary N) is 1. The summed E-state index contributed by atoms with van der Waals surface area (Å²) in [6.45, 7) is 5.73. The highest BCUT2D eigenvalue weighted by atomic mass is 35.5. The maximum absolute atomic E-state index is 12.6. The number of amides is 1. The number of halogens is 1. The van der Waals surface area contributed by atoms with Crippen LogP contribution in [0.25, 0.3) is 11.4 Å². The second kappa shape index (κ2) is 8.88. The van der Waals surface area contributed by atoms with E-state index in [9.17, 15) is 4.79 Å². The van der Waals surface area contributed by atoms with Crippen LogP contribution in [0, 0.1) is 5.92 Å². The Kier molecular flexibility index (Phi) is 6.04. The third-order valence-corrected chi connectivity index (χ3v) is 5.71. The molecule has 0 unspecified atom stereocenters. The number of carbonyl (C=O) groups is 1. The van der Waals surface area contributed by atoms with Gasteiger partial charge in [0.15, 0.2) is 0 Å². The summed E-state index contributed by atoms with van der Waals surface area (Å²) in [5.41, 5.74) is 2.94. The fraction of sp³-hybridized carbons (Fsp3) is 0.348. The third-order valence-electron chi connectivity index (χ3n) is 5.48. The molecule has 1 aliphatic heterocycles. The molecule has 2 aromatic carbocycles. The zero-order valence-electron chi connectivity index (χ0n) is 17.1. The van der Waals surface area contributed by atoms with Gasteiger partial charge in [0.1, 0.15) is 0 Å². The molecule has 1 aliphatic rings. The van der Waals surface area contributed by atoms with E-state index >= 15 is 0 Å². The average Bonchev–Trinajstić information content (AvgIpc) is 3.24. The fourth-order valence-corrected chi connectivity index (χ4v) is 3.81.